The molecule has 0 bridgehead atoms. The fraction of sp³-hybridized carbons (Fsp3) is 0.188. The van der Waals surface area contributed by atoms with E-state index in [1.54, 1.807) is 6.07 Å². The Labute approximate surface area is 127 Å². The molecule has 1 heterocycles. The molecule has 0 aliphatic carbocycles. The summed E-state index contributed by atoms with van der Waals surface area (Å²) in [4.78, 5) is 11.3. The summed E-state index contributed by atoms with van der Waals surface area (Å²) in [6, 6.07) is 11.1. The fourth-order valence-corrected chi connectivity index (χ4v) is 2.55. The lowest BCUT2D eigenvalue weighted by atomic mass is 10.0. The predicted octanol–water partition coefficient (Wildman–Crippen LogP) is 3.48. The number of benzene rings is 2. The number of ether oxygens (including phenoxy) is 1. The zero-order valence-corrected chi connectivity index (χ0v) is 12.1. The van der Waals surface area contributed by atoms with Crippen molar-refractivity contribution in [3.8, 4) is 11.5 Å². The highest BCUT2D eigenvalue weighted by Crippen LogP contribution is 2.33. The van der Waals surface area contributed by atoms with Crippen LogP contribution >= 0.6 is 11.6 Å². The summed E-state index contributed by atoms with van der Waals surface area (Å²) in [7, 11) is 0. The van der Waals surface area contributed by atoms with E-state index in [1.807, 2.05) is 30.3 Å². The summed E-state index contributed by atoms with van der Waals surface area (Å²) in [5.74, 6) is 1.34. The molecule has 108 valence electrons. The second-order valence-corrected chi connectivity index (χ2v) is 5.35. The van der Waals surface area contributed by atoms with Gasteiger partial charge in [-0.05, 0) is 47.9 Å². The molecule has 5 heteroatoms. The van der Waals surface area contributed by atoms with Gasteiger partial charge in [0.1, 0.15) is 11.5 Å². The maximum absolute atomic E-state index is 11.3. The van der Waals surface area contributed by atoms with Gasteiger partial charge in [0, 0.05) is 18.7 Å². The molecule has 21 heavy (non-hydrogen) atoms. The van der Waals surface area contributed by atoms with Crippen molar-refractivity contribution in [3.05, 3.63) is 52.5 Å². The van der Waals surface area contributed by atoms with Gasteiger partial charge in [0.15, 0.2) is 0 Å². The molecule has 0 spiro atoms. The van der Waals surface area contributed by atoms with E-state index in [4.69, 9.17) is 22.1 Å². The smallest absolute Gasteiger partial charge is 0.224 e. The second-order valence-electron chi connectivity index (χ2n) is 4.94. The van der Waals surface area contributed by atoms with E-state index in [-0.39, 0.29) is 5.91 Å². The van der Waals surface area contributed by atoms with Crippen molar-refractivity contribution in [1.29, 1.82) is 0 Å². The molecule has 0 saturated carbocycles. The second kappa shape index (κ2) is 5.76. The van der Waals surface area contributed by atoms with Crippen LogP contribution < -0.4 is 15.8 Å². The van der Waals surface area contributed by atoms with Crippen molar-refractivity contribution in [1.82, 2.24) is 0 Å². The molecule has 3 rings (SSSR count). The zero-order chi connectivity index (χ0) is 14.8. The molecule has 2 aromatic carbocycles. The quantitative estimate of drug-likeness (QED) is 0.912. The lowest BCUT2D eigenvalue weighted by Gasteiger charge is -2.18. The largest absolute Gasteiger partial charge is 0.456 e. The Morgan fingerprint density at radius 3 is 2.81 bits per heavy atom. The fourth-order valence-electron chi connectivity index (χ4n) is 2.30. The Morgan fingerprint density at radius 1 is 1.19 bits per heavy atom. The standard InChI is InChI=1S/C16H15ClN2O2/c17-13-7-10(9-18)1-5-15(13)21-12-3-4-14-11(8-12)2-6-16(20)19-14/h1,3-5,7-8H,2,6,9,18H2,(H,19,20). The molecule has 0 saturated heterocycles. The minimum absolute atomic E-state index is 0.0524. The summed E-state index contributed by atoms with van der Waals surface area (Å²) in [5.41, 5.74) is 8.45. The van der Waals surface area contributed by atoms with Gasteiger partial charge in [-0.1, -0.05) is 17.7 Å². The normalized spacial score (nSPS) is 13.5. The van der Waals surface area contributed by atoms with Crippen LogP contribution in [0.3, 0.4) is 0 Å². The third-order valence-corrected chi connectivity index (χ3v) is 3.73. The molecule has 1 aliphatic heterocycles. The average molecular weight is 303 g/mol. The number of amides is 1. The third-order valence-electron chi connectivity index (χ3n) is 3.43. The van der Waals surface area contributed by atoms with Crippen LogP contribution in [-0.4, -0.2) is 5.91 Å². The van der Waals surface area contributed by atoms with Crippen molar-refractivity contribution in [3.63, 3.8) is 0 Å². The van der Waals surface area contributed by atoms with E-state index in [0.717, 1.165) is 23.2 Å². The highest BCUT2D eigenvalue weighted by molar-refractivity contribution is 6.32. The Morgan fingerprint density at radius 2 is 2.05 bits per heavy atom. The molecular formula is C16H15ClN2O2. The molecule has 0 unspecified atom stereocenters. The number of aryl methyl sites for hydroxylation is 1. The van der Waals surface area contributed by atoms with Gasteiger partial charge < -0.3 is 15.8 Å². The summed E-state index contributed by atoms with van der Waals surface area (Å²) < 4.78 is 5.82. The van der Waals surface area contributed by atoms with Gasteiger partial charge in [0.25, 0.3) is 0 Å². The van der Waals surface area contributed by atoms with Crippen LogP contribution in [0, 0.1) is 0 Å². The van der Waals surface area contributed by atoms with Gasteiger partial charge in [-0.15, -0.1) is 0 Å². The molecule has 4 nitrogen and oxygen atoms in total. The van der Waals surface area contributed by atoms with Gasteiger partial charge >= 0.3 is 0 Å². The van der Waals surface area contributed by atoms with Crippen molar-refractivity contribution < 1.29 is 9.53 Å². The molecule has 0 aromatic heterocycles. The first-order valence-corrected chi connectivity index (χ1v) is 7.12. The number of fused-ring (bicyclic) bond motifs is 1. The number of carbonyl (C=O) groups excluding carboxylic acids is 1. The molecule has 3 N–H and O–H groups in total. The highest BCUT2D eigenvalue weighted by atomic mass is 35.5. The molecule has 0 atom stereocenters. The van der Waals surface area contributed by atoms with Crippen LogP contribution in [0.15, 0.2) is 36.4 Å². The van der Waals surface area contributed by atoms with E-state index in [2.05, 4.69) is 5.32 Å². The lowest BCUT2D eigenvalue weighted by molar-refractivity contribution is -0.116. The van der Waals surface area contributed by atoms with E-state index >= 15 is 0 Å². The number of halogens is 1. The summed E-state index contributed by atoms with van der Waals surface area (Å²) in [6.07, 6.45) is 1.22. The van der Waals surface area contributed by atoms with Crippen molar-refractivity contribution >= 4 is 23.2 Å². The summed E-state index contributed by atoms with van der Waals surface area (Å²) in [6.45, 7) is 0.443. The Bertz CT molecular complexity index is 701. The van der Waals surface area contributed by atoms with Crippen LogP contribution in [-0.2, 0) is 17.8 Å². The molecule has 0 radical (unpaired) electrons. The van der Waals surface area contributed by atoms with Gasteiger partial charge in [0.2, 0.25) is 5.91 Å². The average Bonchev–Trinajstić information content (AvgIpc) is 2.49. The van der Waals surface area contributed by atoms with Crippen LogP contribution in [0.2, 0.25) is 5.02 Å². The Kier molecular flexibility index (Phi) is 3.82. The van der Waals surface area contributed by atoms with E-state index in [0.29, 0.717) is 29.5 Å². The van der Waals surface area contributed by atoms with Crippen molar-refractivity contribution in [2.45, 2.75) is 19.4 Å². The van der Waals surface area contributed by atoms with Gasteiger partial charge in [-0.3, -0.25) is 4.79 Å². The summed E-state index contributed by atoms with van der Waals surface area (Å²) >= 11 is 6.18. The molecule has 1 aliphatic rings. The van der Waals surface area contributed by atoms with E-state index < -0.39 is 0 Å². The zero-order valence-electron chi connectivity index (χ0n) is 11.4. The van der Waals surface area contributed by atoms with Crippen molar-refractivity contribution in [2.24, 2.45) is 5.73 Å². The Balaban J connectivity index is 1.84. The van der Waals surface area contributed by atoms with E-state index in [9.17, 15) is 4.79 Å². The number of anilines is 1. The lowest BCUT2D eigenvalue weighted by Crippen LogP contribution is -2.18. The number of hydrogen-bond acceptors (Lipinski definition) is 3. The van der Waals surface area contributed by atoms with Crippen LogP contribution in [0.25, 0.3) is 0 Å². The van der Waals surface area contributed by atoms with Crippen LogP contribution in [0.1, 0.15) is 17.5 Å². The van der Waals surface area contributed by atoms with Gasteiger partial charge in [-0.25, -0.2) is 0 Å². The number of nitrogens with one attached hydrogen (secondary N) is 1. The monoisotopic (exact) mass is 302 g/mol. The Hall–Kier alpha value is -2.04. The first kappa shape index (κ1) is 13.9. The van der Waals surface area contributed by atoms with Gasteiger partial charge in [0.05, 0.1) is 5.02 Å². The number of carbonyl (C=O) groups is 1. The molecule has 1 amide bonds. The minimum atomic E-state index is 0.0524. The first-order chi connectivity index (χ1) is 10.2. The first-order valence-electron chi connectivity index (χ1n) is 6.75. The number of hydrogen-bond donors (Lipinski definition) is 2. The third kappa shape index (κ3) is 3.01. The maximum Gasteiger partial charge on any atom is 0.224 e. The topological polar surface area (TPSA) is 64.3 Å². The maximum atomic E-state index is 11.3. The highest BCUT2D eigenvalue weighted by Gasteiger charge is 2.15. The van der Waals surface area contributed by atoms with Gasteiger partial charge in [-0.2, -0.15) is 0 Å². The number of nitrogens with two attached hydrogens (primary N) is 1. The minimum Gasteiger partial charge on any atom is -0.456 e. The summed E-state index contributed by atoms with van der Waals surface area (Å²) in [5, 5.41) is 3.37. The predicted molar refractivity (Wildman–Crippen MR) is 82.8 cm³/mol. The van der Waals surface area contributed by atoms with Crippen LogP contribution in [0.5, 0.6) is 11.5 Å². The number of rotatable bonds is 3. The molecular weight excluding hydrogens is 288 g/mol. The SMILES string of the molecule is NCc1ccc(Oc2ccc3c(c2)CCC(=O)N3)c(Cl)c1. The molecule has 0 fully saturated rings. The van der Waals surface area contributed by atoms with E-state index in [1.165, 1.54) is 0 Å². The van der Waals surface area contributed by atoms with Crippen LogP contribution in [0.4, 0.5) is 5.69 Å². The van der Waals surface area contributed by atoms with Crippen molar-refractivity contribution in [2.75, 3.05) is 5.32 Å². The molecule has 2 aromatic rings.